The van der Waals surface area contributed by atoms with Gasteiger partial charge in [0.05, 0.1) is 0 Å². The summed E-state index contributed by atoms with van der Waals surface area (Å²) in [6.07, 6.45) is 1.63. The Hall–Kier alpha value is -2.38. The summed E-state index contributed by atoms with van der Waals surface area (Å²) < 4.78 is 5.93. The summed E-state index contributed by atoms with van der Waals surface area (Å²) in [5, 5.41) is 12.0. The number of rotatable bonds is 5. The lowest BCUT2D eigenvalue weighted by Gasteiger charge is -2.14. The van der Waals surface area contributed by atoms with Crippen LogP contribution in [0.3, 0.4) is 0 Å². The number of nitriles is 1. The van der Waals surface area contributed by atoms with Crippen LogP contribution in [-0.2, 0) is 13.2 Å². The van der Waals surface area contributed by atoms with Crippen molar-refractivity contribution in [3.8, 4) is 11.8 Å². The lowest BCUT2D eigenvalue weighted by Crippen LogP contribution is -2.08. The first-order chi connectivity index (χ1) is 9.74. The van der Waals surface area contributed by atoms with Gasteiger partial charge in [-0.3, -0.25) is 0 Å². The number of aryl methyl sites for hydroxylation is 1. The molecule has 0 unspecified atom stereocenters. The van der Waals surface area contributed by atoms with E-state index in [4.69, 9.17) is 10.00 Å². The monoisotopic (exact) mass is 267 g/mol. The molecular formula is C16H17N3O. The summed E-state index contributed by atoms with van der Waals surface area (Å²) in [5.74, 6) is 0.900. The third kappa shape index (κ3) is 3.34. The first-order valence-electron chi connectivity index (χ1n) is 6.45. The number of nitrogens with zero attached hydrogens (tertiary/aromatic N) is 2. The number of ether oxygens (including phenoxy) is 1. The number of hydrogen-bond donors (Lipinski definition) is 1. The van der Waals surface area contributed by atoms with Crippen molar-refractivity contribution in [1.29, 1.82) is 5.26 Å². The Kier molecular flexibility index (Phi) is 4.70. The Morgan fingerprint density at radius 2 is 2.20 bits per heavy atom. The van der Waals surface area contributed by atoms with E-state index in [0.717, 1.165) is 29.0 Å². The first-order valence-corrected chi connectivity index (χ1v) is 6.45. The molecule has 20 heavy (non-hydrogen) atoms. The molecule has 102 valence electrons. The molecular weight excluding hydrogens is 250 g/mol. The minimum absolute atomic E-state index is 0.409. The van der Waals surface area contributed by atoms with Gasteiger partial charge in [-0.2, -0.15) is 5.26 Å². The molecule has 1 aromatic heterocycles. The zero-order chi connectivity index (χ0) is 14.4. The highest BCUT2D eigenvalue weighted by Gasteiger charge is 2.07. The van der Waals surface area contributed by atoms with Gasteiger partial charge in [-0.15, -0.1) is 0 Å². The summed E-state index contributed by atoms with van der Waals surface area (Å²) in [7, 11) is 1.91. The standard InChI is InChI=1S/C16H17N3O/c1-12-4-3-5-14(10-18-2)16(12)20-11-13-6-7-19-15(8-13)9-17/h3-8,18H,10-11H2,1-2H3. The van der Waals surface area contributed by atoms with Crippen LogP contribution in [0.25, 0.3) is 0 Å². The topological polar surface area (TPSA) is 57.9 Å². The molecule has 2 aromatic rings. The van der Waals surface area contributed by atoms with E-state index in [1.54, 1.807) is 12.3 Å². The van der Waals surface area contributed by atoms with E-state index >= 15 is 0 Å². The first kappa shape index (κ1) is 14.0. The zero-order valence-corrected chi connectivity index (χ0v) is 11.7. The van der Waals surface area contributed by atoms with E-state index in [9.17, 15) is 0 Å². The van der Waals surface area contributed by atoms with Gasteiger partial charge in [-0.25, -0.2) is 4.98 Å². The van der Waals surface area contributed by atoms with Crippen molar-refractivity contribution in [3.63, 3.8) is 0 Å². The van der Waals surface area contributed by atoms with Gasteiger partial charge in [0.15, 0.2) is 0 Å². The Labute approximate surface area is 119 Å². The molecule has 4 heteroatoms. The van der Waals surface area contributed by atoms with Gasteiger partial charge in [0.1, 0.15) is 24.1 Å². The quantitative estimate of drug-likeness (QED) is 0.904. The molecule has 0 saturated heterocycles. The Balaban J connectivity index is 2.16. The third-order valence-electron chi connectivity index (χ3n) is 2.98. The Morgan fingerprint density at radius 1 is 1.35 bits per heavy atom. The van der Waals surface area contributed by atoms with Crippen molar-refractivity contribution < 1.29 is 4.74 Å². The van der Waals surface area contributed by atoms with Gasteiger partial charge < -0.3 is 10.1 Å². The van der Waals surface area contributed by atoms with Crippen molar-refractivity contribution in [1.82, 2.24) is 10.3 Å². The second-order valence-electron chi connectivity index (χ2n) is 4.54. The average molecular weight is 267 g/mol. The number of aromatic nitrogens is 1. The van der Waals surface area contributed by atoms with Crippen LogP contribution >= 0.6 is 0 Å². The van der Waals surface area contributed by atoms with Crippen molar-refractivity contribution in [2.75, 3.05) is 7.05 Å². The lowest BCUT2D eigenvalue weighted by atomic mass is 10.1. The predicted molar refractivity (Wildman–Crippen MR) is 77.2 cm³/mol. The van der Waals surface area contributed by atoms with E-state index in [1.165, 1.54) is 0 Å². The maximum atomic E-state index is 8.84. The second kappa shape index (κ2) is 6.69. The molecule has 0 bridgehead atoms. The fourth-order valence-corrected chi connectivity index (χ4v) is 2.03. The molecule has 0 aliphatic carbocycles. The zero-order valence-electron chi connectivity index (χ0n) is 11.7. The molecule has 0 aliphatic rings. The van der Waals surface area contributed by atoms with Gasteiger partial charge in [0, 0.05) is 18.3 Å². The van der Waals surface area contributed by atoms with E-state index < -0.39 is 0 Å². The third-order valence-corrected chi connectivity index (χ3v) is 2.98. The molecule has 0 atom stereocenters. The molecule has 0 spiro atoms. The van der Waals surface area contributed by atoms with Crippen LogP contribution in [0, 0.1) is 18.3 Å². The summed E-state index contributed by atoms with van der Waals surface area (Å²) >= 11 is 0. The minimum Gasteiger partial charge on any atom is -0.488 e. The molecule has 0 saturated carbocycles. The van der Waals surface area contributed by atoms with Gasteiger partial charge in [-0.1, -0.05) is 18.2 Å². The smallest absolute Gasteiger partial charge is 0.140 e. The largest absolute Gasteiger partial charge is 0.488 e. The number of hydrogen-bond acceptors (Lipinski definition) is 4. The van der Waals surface area contributed by atoms with Crippen molar-refractivity contribution in [2.45, 2.75) is 20.1 Å². The van der Waals surface area contributed by atoms with Crippen LogP contribution in [0.15, 0.2) is 36.5 Å². The number of benzene rings is 1. The fraction of sp³-hybridized carbons (Fsp3) is 0.250. The van der Waals surface area contributed by atoms with Gasteiger partial charge in [-0.05, 0) is 37.2 Å². The van der Waals surface area contributed by atoms with Crippen LogP contribution in [0.5, 0.6) is 5.75 Å². The normalized spacial score (nSPS) is 10.1. The van der Waals surface area contributed by atoms with E-state index in [0.29, 0.717) is 12.3 Å². The van der Waals surface area contributed by atoms with Crippen molar-refractivity contribution in [3.05, 3.63) is 58.9 Å². The SMILES string of the molecule is CNCc1cccc(C)c1OCc1ccnc(C#N)c1. The molecule has 4 nitrogen and oxygen atoms in total. The van der Waals surface area contributed by atoms with E-state index in [1.807, 2.05) is 44.3 Å². The van der Waals surface area contributed by atoms with Crippen LogP contribution in [0.4, 0.5) is 0 Å². The van der Waals surface area contributed by atoms with Gasteiger partial charge in [0.2, 0.25) is 0 Å². The van der Waals surface area contributed by atoms with E-state index in [2.05, 4.69) is 10.3 Å². The van der Waals surface area contributed by atoms with Crippen molar-refractivity contribution >= 4 is 0 Å². The molecule has 0 aliphatic heterocycles. The predicted octanol–water partition coefficient (Wildman–Crippen LogP) is 2.56. The van der Waals surface area contributed by atoms with Crippen molar-refractivity contribution in [2.24, 2.45) is 0 Å². The Bertz CT molecular complexity index is 632. The highest BCUT2D eigenvalue weighted by molar-refractivity contribution is 5.41. The molecule has 0 fully saturated rings. The molecule has 2 rings (SSSR count). The van der Waals surface area contributed by atoms with Gasteiger partial charge >= 0.3 is 0 Å². The average Bonchev–Trinajstić information content (AvgIpc) is 2.47. The second-order valence-corrected chi connectivity index (χ2v) is 4.54. The number of para-hydroxylation sites is 1. The molecule has 0 amide bonds. The molecule has 1 heterocycles. The summed E-state index contributed by atoms with van der Waals surface area (Å²) in [5.41, 5.74) is 3.58. The number of pyridine rings is 1. The minimum atomic E-state index is 0.409. The van der Waals surface area contributed by atoms with Gasteiger partial charge in [0.25, 0.3) is 0 Å². The van der Waals surface area contributed by atoms with Crippen LogP contribution in [-0.4, -0.2) is 12.0 Å². The Morgan fingerprint density at radius 3 is 2.95 bits per heavy atom. The van der Waals surface area contributed by atoms with Crippen LogP contribution in [0.2, 0.25) is 0 Å². The molecule has 1 N–H and O–H groups in total. The highest BCUT2D eigenvalue weighted by Crippen LogP contribution is 2.24. The number of nitrogens with one attached hydrogen (secondary N) is 1. The highest BCUT2D eigenvalue weighted by atomic mass is 16.5. The summed E-state index contributed by atoms with van der Waals surface area (Å²) in [6.45, 7) is 3.22. The van der Waals surface area contributed by atoms with Crippen LogP contribution in [0.1, 0.15) is 22.4 Å². The molecule has 1 aromatic carbocycles. The summed E-state index contributed by atoms with van der Waals surface area (Å²) in [4.78, 5) is 3.95. The maximum absolute atomic E-state index is 8.84. The lowest BCUT2D eigenvalue weighted by molar-refractivity contribution is 0.300. The fourth-order valence-electron chi connectivity index (χ4n) is 2.03. The molecule has 0 radical (unpaired) electrons. The van der Waals surface area contributed by atoms with E-state index in [-0.39, 0.29) is 0 Å². The summed E-state index contributed by atoms with van der Waals surface area (Å²) in [6, 6.07) is 11.7. The van der Waals surface area contributed by atoms with Crippen LogP contribution < -0.4 is 10.1 Å². The maximum Gasteiger partial charge on any atom is 0.140 e.